The van der Waals surface area contributed by atoms with Crippen LogP contribution in [-0.4, -0.2) is 4.57 Å². The number of para-hydroxylation sites is 1. The molecule has 1 radical (unpaired) electrons. The molecule has 0 atom stereocenters. The molecule has 0 saturated carbocycles. The van der Waals surface area contributed by atoms with Gasteiger partial charge in [-0.1, -0.05) is 66.7 Å². The number of nitrogens with zero attached hydrogens (tertiary/aromatic N) is 1. The van der Waals surface area contributed by atoms with E-state index in [1.54, 1.807) is 0 Å². The van der Waals surface area contributed by atoms with Crippen LogP contribution in [0.5, 0.6) is 0 Å². The van der Waals surface area contributed by atoms with E-state index in [1.165, 1.54) is 32.9 Å². The molecule has 5 rings (SSSR count). The van der Waals surface area contributed by atoms with Gasteiger partial charge in [0.1, 0.15) is 0 Å². The Balaban J connectivity index is 1.86. The molecule has 0 aliphatic carbocycles. The molecule has 0 amide bonds. The largest absolute Gasteiger partial charge is 0.309 e. The summed E-state index contributed by atoms with van der Waals surface area (Å²) < 4.78 is 2.33. The van der Waals surface area contributed by atoms with Gasteiger partial charge in [0.05, 0.1) is 11.0 Å². The maximum atomic E-state index is 3.11. The van der Waals surface area contributed by atoms with Crippen LogP contribution >= 0.6 is 0 Å². The molecule has 1 nitrogen and oxygen atoms in total. The van der Waals surface area contributed by atoms with E-state index in [-0.39, 0.29) is 0 Å². The Kier molecular flexibility index (Phi) is 3.17. The average Bonchev–Trinajstić information content (AvgIpc) is 3.03. The van der Waals surface area contributed by atoms with Crippen LogP contribution < -0.4 is 0 Å². The molecule has 117 valence electrons. The smallest absolute Gasteiger partial charge is 0.0541 e. The van der Waals surface area contributed by atoms with Crippen LogP contribution in [0.15, 0.2) is 97.1 Å². The lowest BCUT2D eigenvalue weighted by Crippen LogP contribution is -1.92. The van der Waals surface area contributed by atoms with Gasteiger partial charge < -0.3 is 4.57 Å². The summed E-state index contributed by atoms with van der Waals surface area (Å²) >= 11 is 0. The van der Waals surface area contributed by atoms with E-state index in [9.17, 15) is 0 Å². The summed E-state index contributed by atoms with van der Waals surface area (Å²) in [6.07, 6.45) is 0. The molecule has 1 heteroatoms. The van der Waals surface area contributed by atoms with Crippen LogP contribution in [0.3, 0.4) is 0 Å². The molecule has 0 unspecified atom stereocenters. The summed E-state index contributed by atoms with van der Waals surface area (Å²) in [6, 6.07) is 37.2. The van der Waals surface area contributed by atoms with E-state index < -0.39 is 0 Å². The fourth-order valence-corrected chi connectivity index (χ4v) is 3.59. The third-order valence-corrected chi connectivity index (χ3v) is 4.74. The van der Waals surface area contributed by atoms with Crippen molar-refractivity contribution in [1.29, 1.82) is 0 Å². The van der Waals surface area contributed by atoms with Crippen molar-refractivity contribution in [2.45, 2.75) is 0 Å². The average molecular weight is 318 g/mol. The number of hydrogen-bond donors (Lipinski definition) is 0. The quantitative estimate of drug-likeness (QED) is 0.362. The maximum absolute atomic E-state index is 3.11. The SMILES string of the molecule is [c]1ccc(-n2c3ccccc3c3cc(-c4ccccc4)ccc32)cc1. The topological polar surface area (TPSA) is 4.93 Å². The second-order valence-electron chi connectivity index (χ2n) is 6.21. The lowest BCUT2D eigenvalue weighted by molar-refractivity contribution is 1.18. The molecule has 0 fully saturated rings. The Morgan fingerprint density at radius 2 is 1.28 bits per heavy atom. The fraction of sp³-hybridized carbons (Fsp3) is 0. The first-order valence-corrected chi connectivity index (χ1v) is 8.47. The molecule has 25 heavy (non-hydrogen) atoms. The van der Waals surface area contributed by atoms with Crippen molar-refractivity contribution in [3.05, 3.63) is 103 Å². The first-order chi connectivity index (χ1) is 12.4. The summed E-state index contributed by atoms with van der Waals surface area (Å²) in [6.45, 7) is 0. The molecular formula is C24H16N. The molecule has 1 heterocycles. The number of fused-ring (bicyclic) bond motifs is 3. The van der Waals surface area contributed by atoms with Gasteiger partial charge in [0.15, 0.2) is 0 Å². The van der Waals surface area contributed by atoms with Crippen molar-refractivity contribution >= 4 is 21.8 Å². The van der Waals surface area contributed by atoms with Gasteiger partial charge in [-0.3, -0.25) is 0 Å². The first kappa shape index (κ1) is 14.1. The predicted molar refractivity (Wildman–Crippen MR) is 105 cm³/mol. The van der Waals surface area contributed by atoms with Crippen LogP contribution in [0.1, 0.15) is 0 Å². The Morgan fingerprint density at radius 1 is 0.560 bits per heavy atom. The van der Waals surface area contributed by atoms with E-state index in [1.807, 2.05) is 12.1 Å². The second-order valence-corrected chi connectivity index (χ2v) is 6.21. The lowest BCUT2D eigenvalue weighted by Gasteiger charge is -2.08. The Hall–Kier alpha value is -3.32. The van der Waals surface area contributed by atoms with Crippen molar-refractivity contribution < 1.29 is 0 Å². The van der Waals surface area contributed by atoms with Crippen molar-refractivity contribution in [2.75, 3.05) is 0 Å². The number of aromatic nitrogens is 1. The highest BCUT2D eigenvalue weighted by atomic mass is 15.0. The first-order valence-electron chi connectivity index (χ1n) is 8.47. The third kappa shape index (κ3) is 2.25. The minimum absolute atomic E-state index is 1.16. The van der Waals surface area contributed by atoms with Gasteiger partial charge in [0, 0.05) is 16.5 Å². The fourth-order valence-electron chi connectivity index (χ4n) is 3.59. The Bertz CT molecular complexity index is 1170. The van der Waals surface area contributed by atoms with Crippen molar-refractivity contribution in [3.63, 3.8) is 0 Å². The molecule has 0 aliphatic rings. The van der Waals surface area contributed by atoms with Crippen molar-refractivity contribution in [1.82, 2.24) is 4.57 Å². The maximum Gasteiger partial charge on any atom is 0.0541 e. The van der Waals surface area contributed by atoms with E-state index in [4.69, 9.17) is 0 Å². The molecule has 0 aliphatic heterocycles. The van der Waals surface area contributed by atoms with Gasteiger partial charge in [-0.2, -0.15) is 0 Å². The normalized spacial score (nSPS) is 11.2. The molecule has 0 spiro atoms. The Morgan fingerprint density at radius 3 is 2.12 bits per heavy atom. The standard InChI is InChI=1S/C24H16N/c1-3-9-18(10-4-1)19-15-16-24-22(17-19)21-13-7-8-14-23(21)25(24)20-11-5-2-6-12-20/h1,3-17H. The van der Waals surface area contributed by atoms with Crippen LogP contribution in [0, 0.1) is 6.07 Å². The van der Waals surface area contributed by atoms with Gasteiger partial charge in [-0.25, -0.2) is 0 Å². The zero-order valence-electron chi connectivity index (χ0n) is 13.7. The van der Waals surface area contributed by atoms with Gasteiger partial charge in [-0.05, 0) is 47.5 Å². The minimum atomic E-state index is 1.16. The molecule has 0 N–H and O–H groups in total. The van der Waals surface area contributed by atoms with E-state index in [0.29, 0.717) is 0 Å². The molecule has 4 aromatic carbocycles. The second kappa shape index (κ2) is 5.64. The minimum Gasteiger partial charge on any atom is -0.309 e. The van der Waals surface area contributed by atoms with Crippen molar-refractivity contribution in [2.24, 2.45) is 0 Å². The highest BCUT2D eigenvalue weighted by Crippen LogP contribution is 2.34. The van der Waals surface area contributed by atoms with Gasteiger partial charge in [0.25, 0.3) is 0 Å². The summed E-state index contributed by atoms with van der Waals surface area (Å²) in [5.41, 5.74) is 6.12. The molecule has 1 aromatic heterocycles. The van der Waals surface area contributed by atoms with Crippen molar-refractivity contribution in [3.8, 4) is 16.8 Å². The van der Waals surface area contributed by atoms with Gasteiger partial charge in [-0.15, -0.1) is 0 Å². The number of benzene rings is 4. The summed E-state index contributed by atoms with van der Waals surface area (Å²) in [7, 11) is 0. The van der Waals surface area contributed by atoms with E-state index in [0.717, 1.165) is 5.69 Å². The number of hydrogen-bond acceptors (Lipinski definition) is 0. The molecular weight excluding hydrogens is 302 g/mol. The van der Waals surface area contributed by atoms with Crippen LogP contribution in [0.4, 0.5) is 0 Å². The van der Waals surface area contributed by atoms with Crippen LogP contribution in [0.25, 0.3) is 38.6 Å². The highest BCUT2D eigenvalue weighted by Gasteiger charge is 2.12. The van der Waals surface area contributed by atoms with Gasteiger partial charge in [0.2, 0.25) is 0 Å². The summed E-state index contributed by atoms with van der Waals surface area (Å²) in [4.78, 5) is 0. The summed E-state index contributed by atoms with van der Waals surface area (Å²) in [5.74, 6) is 0. The monoisotopic (exact) mass is 318 g/mol. The Labute approximate surface area is 146 Å². The molecule has 0 bridgehead atoms. The lowest BCUT2D eigenvalue weighted by atomic mass is 10.0. The van der Waals surface area contributed by atoms with Gasteiger partial charge >= 0.3 is 0 Å². The zero-order chi connectivity index (χ0) is 16.6. The number of rotatable bonds is 2. The third-order valence-electron chi connectivity index (χ3n) is 4.74. The van der Waals surface area contributed by atoms with E-state index >= 15 is 0 Å². The predicted octanol–water partition coefficient (Wildman–Crippen LogP) is 6.25. The molecule has 5 aromatic rings. The van der Waals surface area contributed by atoms with Crippen LogP contribution in [-0.2, 0) is 0 Å². The zero-order valence-corrected chi connectivity index (χ0v) is 13.7. The molecule has 0 saturated heterocycles. The van der Waals surface area contributed by atoms with E-state index in [2.05, 4.69) is 95.6 Å². The highest BCUT2D eigenvalue weighted by molar-refractivity contribution is 6.10. The van der Waals surface area contributed by atoms with Crippen LogP contribution in [0.2, 0.25) is 0 Å². The summed E-state index contributed by atoms with van der Waals surface area (Å²) in [5, 5.41) is 2.56.